The van der Waals surface area contributed by atoms with Gasteiger partial charge in [0.1, 0.15) is 0 Å². The lowest BCUT2D eigenvalue weighted by molar-refractivity contribution is 1.13. The molecule has 1 N–H and O–H groups in total. The zero-order chi connectivity index (χ0) is 16.0. The molecule has 2 aromatic carbocycles. The Kier molecular flexibility index (Phi) is 3.08. The first-order valence-electron chi connectivity index (χ1n) is 7.78. The summed E-state index contributed by atoms with van der Waals surface area (Å²) in [5, 5.41) is 2.48. The summed E-state index contributed by atoms with van der Waals surface area (Å²) in [5.41, 5.74) is 7.00. The van der Waals surface area contributed by atoms with Crippen LogP contribution in [-0.2, 0) is 0 Å². The number of benzene rings is 2. The largest absolute Gasteiger partial charge is 0.378 e. The maximum absolute atomic E-state index is 4.38. The van der Waals surface area contributed by atoms with E-state index in [-0.39, 0.29) is 0 Å². The first kappa shape index (κ1) is 13.8. The molecule has 3 nitrogen and oxygen atoms in total. The van der Waals surface area contributed by atoms with Crippen LogP contribution in [0.3, 0.4) is 0 Å². The molecule has 2 aromatic heterocycles. The molecule has 0 aliphatic rings. The van der Waals surface area contributed by atoms with Crippen LogP contribution in [0.4, 0.5) is 5.69 Å². The minimum absolute atomic E-state index is 1.04. The molecule has 23 heavy (non-hydrogen) atoms. The molecule has 0 unspecified atom stereocenters. The van der Waals surface area contributed by atoms with Gasteiger partial charge in [0.2, 0.25) is 0 Å². The second-order valence-corrected chi connectivity index (χ2v) is 6.15. The van der Waals surface area contributed by atoms with Crippen LogP contribution in [0.1, 0.15) is 5.69 Å². The summed E-state index contributed by atoms with van der Waals surface area (Å²) in [6.07, 6.45) is 1.88. The number of nitrogens with one attached hydrogen (secondary N) is 1. The molecule has 0 amide bonds. The van der Waals surface area contributed by atoms with Gasteiger partial charge in [-0.3, -0.25) is 4.98 Å². The van der Waals surface area contributed by atoms with Gasteiger partial charge in [-0.2, -0.15) is 0 Å². The first-order chi connectivity index (χ1) is 11.1. The minimum atomic E-state index is 1.04. The van der Waals surface area contributed by atoms with E-state index < -0.39 is 0 Å². The number of aromatic nitrogens is 2. The van der Waals surface area contributed by atoms with Gasteiger partial charge in [0.15, 0.2) is 0 Å². The van der Waals surface area contributed by atoms with Crippen LogP contribution < -0.4 is 4.90 Å². The van der Waals surface area contributed by atoms with Crippen LogP contribution in [0.15, 0.2) is 54.7 Å². The highest BCUT2D eigenvalue weighted by atomic mass is 15.1. The Balaban J connectivity index is 1.93. The summed E-state index contributed by atoms with van der Waals surface area (Å²) in [6, 6.07) is 17.3. The van der Waals surface area contributed by atoms with Crippen LogP contribution in [-0.4, -0.2) is 24.1 Å². The van der Waals surface area contributed by atoms with E-state index in [1.165, 1.54) is 27.6 Å². The summed E-state index contributed by atoms with van der Waals surface area (Å²) in [4.78, 5) is 9.99. The van der Waals surface area contributed by atoms with E-state index >= 15 is 0 Å². The van der Waals surface area contributed by atoms with Gasteiger partial charge >= 0.3 is 0 Å². The predicted molar refractivity (Wildman–Crippen MR) is 98.1 cm³/mol. The number of pyridine rings is 1. The minimum Gasteiger partial charge on any atom is -0.378 e. The van der Waals surface area contributed by atoms with E-state index in [4.69, 9.17) is 0 Å². The molecule has 4 aromatic rings. The normalized spacial score (nSPS) is 11.3. The summed E-state index contributed by atoms with van der Waals surface area (Å²) in [5.74, 6) is 0. The number of H-pyrrole nitrogens is 1. The maximum Gasteiger partial charge on any atom is 0.0681 e. The van der Waals surface area contributed by atoms with Gasteiger partial charge in [-0.05, 0) is 48.4 Å². The molecule has 0 atom stereocenters. The molecule has 0 spiro atoms. The molecule has 114 valence electrons. The first-order valence-corrected chi connectivity index (χ1v) is 7.78. The van der Waals surface area contributed by atoms with Crippen molar-refractivity contribution in [1.29, 1.82) is 0 Å². The van der Waals surface area contributed by atoms with Gasteiger partial charge in [0.05, 0.1) is 11.2 Å². The fraction of sp³-hybridized carbons (Fsp3) is 0.150. The molecule has 0 aliphatic carbocycles. The van der Waals surface area contributed by atoms with Crippen molar-refractivity contribution in [1.82, 2.24) is 9.97 Å². The number of nitrogens with zero attached hydrogens (tertiary/aromatic N) is 2. The van der Waals surface area contributed by atoms with Gasteiger partial charge in [-0.1, -0.05) is 18.2 Å². The van der Waals surface area contributed by atoms with E-state index in [1.807, 2.05) is 13.1 Å². The van der Waals surface area contributed by atoms with E-state index in [2.05, 4.69) is 77.5 Å². The van der Waals surface area contributed by atoms with Gasteiger partial charge in [0.25, 0.3) is 0 Å². The molecule has 0 bridgehead atoms. The van der Waals surface area contributed by atoms with Gasteiger partial charge < -0.3 is 9.88 Å². The fourth-order valence-corrected chi connectivity index (χ4v) is 3.10. The molecule has 4 rings (SSSR count). The average molecular weight is 301 g/mol. The van der Waals surface area contributed by atoms with Crippen molar-refractivity contribution in [2.75, 3.05) is 19.0 Å². The molecule has 0 saturated carbocycles. The molecule has 2 heterocycles. The molecule has 0 saturated heterocycles. The highest BCUT2D eigenvalue weighted by Gasteiger charge is 2.08. The Bertz CT molecular complexity index is 1010. The Morgan fingerprint density at radius 2 is 1.74 bits per heavy atom. The molecular weight excluding hydrogens is 282 g/mol. The number of aromatic amines is 1. The highest BCUT2D eigenvalue weighted by Crippen LogP contribution is 2.31. The highest BCUT2D eigenvalue weighted by molar-refractivity contribution is 6.09. The number of hydrogen-bond acceptors (Lipinski definition) is 2. The molecule has 0 radical (unpaired) electrons. The van der Waals surface area contributed by atoms with Crippen LogP contribution in [0, 0.1) is 6.92 Å². The van der Waals surface area contributed by atoms with Crippen LogP contribution in [0.2, 0.25) is 0 Å². The van der Waals surface area contributed by atoms with Crippen molar-refractivity contribution in [2.24, 2.45) is 0 Å². The number of aryl methyl sites for hydroxylation is 1. The SMILES string of the molecule is Cc1nccc2c1[nH]c1ccc(-c3cccc(N(C)C)c3)cc12. The van der Waals surface area contributed by atoms with Gasteiger partial charge in [-0.15, -0.1) is 0 Å². The smallest absolute Gasteiger partial charge is 0.0681 e. The number of anilines is 1. The van der Waals surface area contributed by atoms with Crippen molar-refractivity contribution in [3.63, 3.8) is 0 Å². The van der Waals surface area contributed by atoms with Gasteiger partial charge in [0, 0.05) is 42.3 Å². The number of rotatable bonds is 2. The van der Waals surface area contributed by atoms with E-state index in [0.29, 0.717) is 0 Å². The lowest BCUT2D eigenvalue weighted by Crippen LogP contribution is -2.08. The van der Waals surface area contributed by atoms with Crippen molar-refractivity contribution < 1.29 is 0 Å². The predicted octanol–water partition coefficient (Wildman–Crippen LogP) is 4.76. The summed E-state index contributed by atoms with van der Waals surface area (Å²) < 4.78 is 0. The lowest BCUT2D eigenvalue weighted by atomic mass is 10.0. The monoisotopic (exact) mass is 301 g/mol. The zero-order valence-corrected chi connectivity index (χ0v) is 13.6. The average Bonchev–Trinajstić information content (AvgIpc) is 2.94. The third-order valence-corrected chi connectivity index (χ3v) is 4.41. The second kappa shape index (κ2) is 5.13. The number of hydrogen-bond donors (Lipinski definition) is 1. The molecule has 0 aliphatic heterocycles. The van der Waals surface area contributed by atoms with Gasteiger partial charge in [-0.25, -0.2) is 0 Å². The zero-order valence-electron chi connectivity index (χ0n) is 13.6. The molecule has 0 fully saturated rings. The Hall–Kier alpha value is -2.81. The fourth-order valence-electron chi connectivity index (χ4n) is 3.10. The second-order valence-electron chi connectivity index (χ2n) is 6.15. The third kappa shape index (κ3) is 2.25. The Morgan fingerprint density at radius 3 is 2.57 bits per heavy atom. The van der Waals surface area contributed by atoms with Crippen LogP contribution in [0.5, 0.6) is 0 Å². The maximum atomic E-state index is 4.38. The quantitative estimate of drug-likeness (QED) is 0.579. The van der Waals surface area contributed by atoms with Crippen molar-refractivity contribution in [2.45, 2.75) is 6.92 Å². The Morgan fingerprint density at radius 1 is 0.913 bits per heavy atom. The van der Waals surface area contributed by atoms with Crippen LogP contribution in [0.25, 0.3) is 32.9 Å². The number of fused-ring (bicyclic) bond motifs is 3. The third-order valence-electron chi connectivity index (χ3n) is 4.41. The topological polar surface area (TPSA) is 31.9 Å². The van der Waals surface area contributed by atoms with E-state index in [0.717, 1.165) is 16.7 Å². The van der Waals surface area contributed by atoms with Crippen molar-refractivity contribution in [3.8, 4) is 11.1 Å². The molecular formula is C20H19N3. The standard InChI is InChI=1S/C20H19N3/c1-13-20-17(9-10-21-13)18-12-15(7-8-19(18)22-20)14-5-4-6-16(11-14)23(2)3/h4-12,22H,1-3H3. The van der Waals surface area contributed by atoms with E-state index in [9.17, 15) is 0 Å². The Labute approximate surface area is 135 Å². The summed E-state index contributed by atoms with van der Waals surface area (Å²) in [7, 11) is 4.13. The van der Waals surface area contributed by atoms with Crippen LogP contribution >= 0.6 is 0 Å². The summed E-state index contributed by atoms with van der Waals surface area (Å²) >= 11 is 0. The van der Waals surface area contributed by atoms with Crippen molar-refractivity contribution in [3.05, 3.63) is 60.4 Å². The summed E-state index contributed by atoms with van der Waals surface area (Å²) in [6.45, 7) is 2.04. The lowest BCUT2D eigenvalue weighted by Gasteiger charge is -2.13. The molecule has 3 heteroatoms. The van der Waals surface area contributed by atoms with Crippen molar-refractivity contribution >= 4 is 27.5 Å². The van der Waals surface area contributed by atoms with E-state index in [1.54, 1.807) is 0 Å².